The zero-order chi connectivity index (χ0) is 20.5. The van der Waals surface area contributed by atoms with Crippen molar-refractivity contribution in [2.45, 2.75) is 45.4 Å². The Morgan fingerprint density at radius 2 is 1.90 bits per heavy atom. The Hall–Kier alpha value is -2.65. The van der Waals surface area contributed by atoms with Gasteiger partial charge in [-0.2, -0.15) is 0 Å². The van der Waals surface area contributed by atoms with E-state index in [1.807, 2.05) is 12.3 Å². The molecule has 30 heavy (non-hydrogen) atoms. The molecule has 4 aromatic rings. The molecule has 1 fully saturated rings. The van der Waals surface area contributed by atoms with E-state index in [0.29, 0.717) is 5.92 Å². The highest BCUT2D eigenvalue weighted by Gasteiger charge is 2.21. The van der Waals surface area contributed by atoms with Crippen molar-refractivity contribution < 1.29 is 0 Å². The van der Waals surface area contributed by atoms with E-state index in [4.69, 9.17) is 0 Å². The van der Waals surface area contributed by atoms with Crippen LogP contribution in [0, 0.1) is 6.92 Å². The third kappa shape index (κ3) is 3.63. The number of hydrogen-bond donors (Lipinski definition) is 1. The minimum absolute atomic E-state index is 0.687. The second-order valence-corrected chi connectivity index (χ2v) is 8.82. The number of fused-ring (bicyclic) bond motifs is 2. The number of nitrogens with one attached hydrogen (secondary N) is 1. The zero-order valence-electron chi connectivity index (χ0n) is 18.1. The second-order valence-electron chi connectivity index (χ2n) is 8.82. The van der Waals surface area contributed by atoms with E-state index in [2.05, 4.69) is 71.2 Å². The standard InChI is InChI=1S/C27H31N3/c1-3-4-13-30-14-11-20(12-15-30)21-9-10-26-24(17-21)19(2)27(29-26)23-16-22-7-5-6-8-25(22)28-18-23/h5-10,16-18,20,29H,3-4,11-15H2,1-2H3. The Balaban J connectivity index is 1.42. The lowest BCUT2D eigenvalue weighted by atomic mass is 9.88. The van der Waals surface area contributed by atoms with Crippen LogP contribution in [0.3, 0.4) is 0 Å². The molecule has 3 heteroatoms. The van der Waals surface area contributed by atoms with Gasteiger partial charge in [0.25, 0.3) is 0 Å². The van der Waals surface area contributed by atoms with Gasteiger partial charge in [0, 0.05) is 28.0 Å². The van der Waals surface area contributed by atoms with E-state index in [1.54, 1.807) is 0 Å². The van der Waals surface area contributed by atoms with Gasteiger partial charge in [-0.25, -0.2) is 0 Å². The lowest BCUT2D eigenvalue weighted by Gasteiger charge is -2.32. The van der Waals surface area contributed by atoms with Crippen molar-refractivity contribution in [2.24, 2.45) is 0 Å². The fraction of sp³-hybridized carbons (Fsp3) is 0.370. The van der Waals surface area contributed by atoms with Crippen LogP contribution in [0.1, 0.15) is 49.7 Å². The van der Waals surface area contributed by atoms with Crippen LogP contribution >= 0.6 is 0 Å². The van der Waals surface area contributed by atoms with Gasteiger partial charge >= 0.3 is 0 Å². The number of aromatic amines is 1. The molecule has 0 atom stereocenters. The highest BCUT2D eigenvalue weighted by atomic mass is 15.1. The van der Waals surface area contributed by atoms with E-state index in [0.717, 1.165) is 11.1 Å². The Bertz CT molecular complexity index is 1170. The van der Waals surface area contributed by atoms with E-state index in [-0.39, 0.29) is 0 Å². The number of benzene rings is 2. The Kier molecular flexibility index (Phi) is 5.30. The highest BCUT2D eigenvalue weighted by molar-refractivity contribution is 5.92. The van der Waals surface area contributed by atoms with Gasteiger partial charge in [0.1, 0.15) is 0 Å². The Labute approximate surface area is 179 Å². The summed E-state index contributed by atoms with van der Waals surface area (Å²) in [6.45, 7) is 8.26. The van der Waals surface area contributed by atoms with E-state index in [1.165, 1.54) is 78.4 Å². The van der Waals surface area contributed by atoms with Gasteiger partial charge in [0.05, 0.1) is 11.2 Å². The molecule has 1 aliphatic heterocycles. The SMILES string of the molecule is CCCCN1CCC(c2ccc3[nH]c(-c4cnc5ccccc5c4)c(C)c3c2)CC1. The molecule has 5 rings (SSSR count). The van der Waals surface area contributed by atoms with Gasteiger partial charge in [-0.15, -0.1) is 0 Å². The van der Waals surface area contributed by atoms with Gasteiger partial charge in [-0.3, -0.25) is 4.98 Å². The minimum Gasteiger partial charge on any atom is -0.354 e. The summed E-state index contributed by atoms with van der Waals surface area (Å²) in [5, 5.41) is 2.53. The number of piperidine rings is 1. The third-order valence-corrected chi connectivity index (χ3v) is 6.85. The van der Waals surface area contributed by atoms with Gasteiger partial charge in [-0.05, 0) is 87.1 Å². The van der Waals surface area contributed by atoms with Crippen molar-refractivity contribution in [2.75, 3.05) is 19.6 Å². The van der Waals surface area contributed by atoms with E-state index >= 15 is 0 Å². The average molecular weight is 398 g/mol. The topological polar surface area (TPSA) is 31.9 Å². The molecule has 2 aromatic heterocycles. The number of rotatable bonds is 5. The van der Waals surface area contributed by atoms with Crippen LogP contribution in [-0.2, 0) is 0 Å². The first-order chi connectivity index (χ1) is 14.7. The summed E-state index contributed by atoms with van der Waals surface area (Å²) in [6.07, 6.45) is 7.16. The number of nitrogens with zero attached hydrogens (tertiary/aromatic N) is 2. The van der Waals surface area contributed by atoms with Gasteiger partial charge in [0.15, 0.2) is 0 Å². The second kappa shape index (κ2) is 8.23. The number of H-pyrrole nitrogens is 1. The normalized spacial score (nSPS) is 15.9. The van der Waals surface area contributed by atoms with Crippen LogP contribution in [0.2, 0.25) is 0 Å². The zero-order valence-corrected chi connectivity index (χ0v) is 18.1. The lowest BCUT2D eigenvalue weighted by molar-refractivity contribution is 0.210. The van der Waals surface area contributed by atoms with E-state index < -0.39 is 0 Å². The molecule has 1 N–H and O–H groups in total. The lowest BCUT2D eigenvalue weighted by Crippen LogP contribution is -2.33. The first kappa shape index (κ1) is 19.3. The van der Waals surface area contributed by atoms with Crippen LogP contribution in [0.15, 0.2) is 54.7 Å². The molecule has 1 saturated heterocycles. The molecular weight excluding hydrogens is 366 g/mol. The fourth-order valence-electron chi connectivity index (χ4n) is 4.97. The van der Waals surface area contributed by atoms with Crippen molar-refractivity contribution in [3.63, 3.8) is 0 Å². The number of pyridine rings is 1. The molecule has 154 valence electrons. The summed E-state index contributed by atoms with van der Waals surface area (Å²) in [5.74, 6) is 0.687. The van der Waals surface area contributed by atoms with Crippen LogP contribution < -0.4 is 0 Å². The molecule has 1 aliphatic rings. The third-order valence-electron chi connectivity index (χ3n) is 6.85. The van der Waals surface area contributed by atoms with Crippen LogP contribution in [-0.4, -0.2) is 34.5 Å². The maximum atomic E-state index is 4.66. The summed E-state index contributed by atoms with van der Waals surface area (Å²) >= 11 is 0. The van der Waals surface area contributed by atoms with Crippen LogP contribution in [0.5, 0.6) is 0 Å². The number of para-hydroxylation sites is 1. The fourth-order valence-corrected chi connectivity index (χ4v) is 4.97. The molecule has 3 heterocycles. The molecular formula is C27H31N3. The van der Waals surface area contributed by atoms with Crippen molar-refractivity contribution in [1.82, 2.24) is 14.9 Å². The molecule has 0 spiro atoms. The average Bonchev–Trinajstić information content (AvgIpc) is 3.13. The van der Waals surface area contributed by atoms with Crippen molar-refractivity contribution in [3.8, 4) is 11.3 Å². The maximum Gasteiger partial charge on any atom is 0.0702 e. The Morgan fingerprint density at radius 3 is 2.73 bits per heavy atom. The molecule has 0 saturated carbocycles. The van der Waals surface area contributed by atoms with Crippen molar-refractivity contribution >= 4 is 21.8 Å². The number of hydrogen-bond acceptors (Lipinski definition) is 2. The summed E-state index contributed by atoms with van der Waals surface area (Å²) in [6, 6.07) is 17.6. The summed E-state index contributed by atoms with van der Waals surface area (Å²) in [4.78, 5) is 11.0. The van der Waals surface area contributed by atoms with Gasteiger partial charge in [0.2, 0.25) is 0 Å². The van der Waals surface area contributed by atoms with Gasteiger partial charge < -0.3 is 9.88 Å². The molecule has 3 nitrogen and oxygen atoms in total. The molecule has 2 aromatic carbocycles. The summed E-state index contributed by atoms with van der Waals surface area (Å²) in [7, 11) is 0. The smallest absolute Gasteiger partial charge is 0.0702 e. The predicted molar refractivity (Wildman–Crippen MR) is 127 cm³/mol. The monoisotopic (exact) mass is 397 g/mol. The minimum atomic E-state index is 0.687. The summed E-state index contributed by atoms with van der Waals surface area (Å²) in [5.41, 5.74) is 7.44. The van der Waals surface area contributed by atoms with E-state index in [9.17, 15) is 0 Å². The molecule has 0 amide bonds. The first-order valence-corrected chi connectivity index (χ1v) is 11.4. The summed E-state index contributed by atoms with van der Waals surface area (Å²) < 4.78 is 0. The quantitative estimate of drug-likeness (QED) is 0.408. The van der Waals surface area contributed by atoms with Crippen molar-refractivity contribution in [3.05, 3.63) is 65.9 Å². The molecule has 0 unspecified atom stereocenters. The molecule has 0 radical (unpaired) electrons. The largest absolute Gasteiger partial charge is 0.354 e. The number of likely N-dealkylation sites (tertiary alicyclic amines) is 1. The molecule has 0 bridgehead atoms. The van der Waals surface area contributed by atoms with Crippen molar-refractivity contribution in [1.29, 1.82) is 0 Å². The highest BCUT2D eigenvalue weighted by Crippen LogP contribution is 2.35. The number of aryl methyl sites for hydroxylation is 1. The maximum absolute atomic E-state index is 4.66. The van der Waals surface area contributed by atoms with Crippen LogP contribution in [0.25, 0.3) is 33.1 Å². The molecule has 0 aliphatic carbocycles. The predicted octanol–water partition coefficient (Wildman–Crippen LogP) is 6.67. The Morgan fingerprint density at radius 1 is 1.07 bits per heavy atom. The number of unbranched alkanes of at least 4 members (excludes halogenated alkanes) is 1. The van der Waals surface area contributed by atoms with Crippen LogP contribution in [0.4, 0.5) is 0 Å². The first-order valence-electron chi connectivity index (χ1n) is 11.4. The number of aromatic nitrogens is 2. The van der Waals surface area contributed by atoms with Gasteiger partial charge in [-0.1, -0.05) is 37.6 Å².